The molecule has 0 aromatic heterocycles. The Morgan fingerprint density at radius 3 is 2.09 bits per heavy atom. The highest BCUT2D eigenvalue weighted by Crippen LogP contribution is 2.01. The molecular formula is C8H17N2O+. The third kappa shape index (κ3) is 2.72. The zero-order chi connectivity index (χ0) is 9.07. The first-order valence-electron chi connectivity index (χ1n) is 3.69. The molecule has 0 saturated carbocycles. The number of hydrogen-bond donors (Lipinski definition) is 0. The van der Waals surface area contributed by atoms with Crippen molar-refractivity contribution in [2.24, 2.45) is 0 Å². The van der Waals surface area contributed by atoms with Crippen LogP contribution in [0.2, 0.25) is 0 Å². The van der Waals surface area contributed by atoms with Crippen molar-refractivity contribution in [3.05, 3.63) is 12.7 Å². The van der Waals surface area contributed by atoms with Crippen LogP contribution in [0.25, 0.3) is 0 Å². The monoisotopic (exact) mass is 157 g/mol. The molecule has 0 aromatic rings. The molecule has 0 N–H and O–H groups in total. The molecule has 0 radical (unpaired) electrons. The van der Waals surface area contributed by atoms with Crippen LogP contribution in [0.5, 0.6) is 0 Å². The molecule has 0 atom stereocenters. The van der Waals surface area contributed by atoms with Crippen molar-refractivity contribution >= 4 is 5.91 Å². The summed E-state index contributed by atoms with van der Waals surface area (Å²) < 4.78 is 0.515. The van der Waals surface area contributed by atoms with Gasteiger partial charge in [0.15, 0.2) is 0 Å². The van der Waals surface area contributed by atoms with E-state index in [1.807, 2.05) is 28.1 Å². The maximum atomic E-state index is 11.2. The molecule has 0 aromatic carbocycles. The molecular weight excluding hydrogens is 140 g/mol. The van der Waals surface area contributed by atoms with Crippen molar-refractivity contribution in [1.82, 2.24) is 5.01 Å². The summed E-state index contributed by atoms with van der Waals surface area (Å²) in [7, 11) is 5.85. The number of nitrogens with zero attached hydrogens (tertiary/aromatic N) is 2. The lowest BCUT2D eigenvalue weighted by Crippen LogP contribution is -2.53. The molecule has 0 rings (SSSR count). The summed E-state index contributed by atoms with van der Waals surface area (Å²) >= 11 is 0. The van der Waals surface area contributed by atoms with Crippen LogP contribution in [0.1, 0.15) is 6.92 Å². The quantitative estimate of drug-likeness (QED) is 0.334. The lowest BCUT2D eigenvalue weighted by atomic mass is 10.5. The molecule has 0 unspecified atom stereocenters. The Balaban J connectivity index is 4.41. The van der Waals surface area contributed by atoms with E-state index >= 15 is 0 Å². The summed E-state index contributed by atoms with van der Waals surface area (Å²) in [5, 5.41) is 1.72. The molecule has 3 heteroatoms. The summed E-state index contributed by atoms with van der Waals surface area (Å²) in [5.74, 6) is -0.0278. The van der Waals surface area contributed by atoms with Crippen LogP contribution < -0.4 is 0 Å². The van der Waals surface area contributed by atoms with Gasteiger partial charge in [-0.05, 0) is 6.92 Å². The van der Waals surface area contributed by atoms with E-state index in [9.17, 15) is 4.79 Å². The van der Waals surface area contributed by atoms with E-state index in [4.69, 9.17) is 0 Å². The summed E-state index contributed by atoms with van der Waals surface area (Å²) in [5.41, 5.74) is 0. The normalized spacial score (nSPS) is 10.9. The van der Waals surface area contributed by atoms with Gasteiger partial charge in [0.25, 0.3) is 5.91 Å². The molecule has 0 aliphatic heterocycles. The van der Waals surface area contributed by atoms with Crippen LogP contribution in [0, 0.1) is 0 Å². The molecule has 0 aliphatic rings. The highest BCUT2D eigenvalue weighted by molar-refractivity contribution is 5.85. The Labute approximate surface area is 68.5 Å². The van der Waals surface area contributed by atoms with Gasteiger partial charge in [0, 0.05) is 6.08 Å². The first-order valence-corrected chi connectivity index (χ1v) is 3.69. The number of carbonyl (C=O) groups is 1. The van der Waals surface area contributed by atoms with Gasteiger partial charge < -0.3 is 0 Å². The summed E-state index contributed by atoms with van der Waals surface area (Å²) in [6.45, 7) is 6.09. The standard InChI is InChI=1S/C8H17N2O/c1-6-8(11)9(7-2)10(3,4)5/h6H,1,7H2,2-5H3/q+1. The highest BCUT2D eigenvalue weighted by atomic mass is 16.2. The second kappa shape index (κ2) is 3.53. The van der Waals surface area contributed by atoms with Gasteiger partial charge in [-0.15, -0.1) is 0 Å². The average molecular weight is 157 g/mol. The topological polar surface area (TPSA) is 20.3 Å². The lowest BCUT2D eigenvalue weighted by molar-refractivity contribution is -0.973. The fourth-order valence-corrected chi connectivity index (χ4v) is 0.981. The van der Waals surface area contributed by atoms with Crippen LogP contribution in [0.4, 0.5) is 0 Å². The molecule has 0 spiro atoms. The van der Waals surface area contributed by atoms with Gasteiger partial charge in [-0.1, -0.05) is 6.58 Å². The van der Waals surface area contributed by atoms with Crippen LogP contribution >= 0.6 is 0 Å². The molecule has 0 bridgehead atoms. The van der Waals surface area contributed by atoms with Crippen molar-refractivity contribution in [3.8, 4) is 0 Å². The number of carbonyl (C=O) groups excluding carboxylic acids is 1. The fourth-order valence-electron chi connectivity index (χ4n) is 0.981. The zero-order valence-corrected chi connectivity index (χ0v) is 7.79. The number of quaternary nitrogens is 1. The molecule has 1 amide bonds. The van der Waals surface area contributed by atoms with Gasteiger partial charge in [-0.25, -0.2) is 4.59 Å². The molecule has 11 heavy (non-hydrogen) atoms. The van der Waals surface area contributed by atoms with E-state index in [2.05, 4.69) is 6.58 Å². The molecule has 64 valence electrons. The van der Waals surface area contributed by atoms with Crippen molar-refractivity contribution in [2.75, 3.05) is 27.7 Å². The Hall–Kier alpha value is -0.830. The van der Waals surface area contributed by atoms with Crippen molar-refractivity contribution < 1.29 is 9.39 Å². The van der Waals surface area contributed by atoms with E-state index in [1.165, 1.54) is 6.08 Å². The molecule has 0 saturated heterocycles. The molecule has 0 heterocycles. The first-order chi connectivity index (χ1) is 4.93. The van der Waals surface area contributed by atoms with Crippen LogP contribution in [0.15, 0.2) is 12.7 Å². The second-order valence-electron chi connectivity index (χ2n) is 3.20. The minimum absolute atomic E-state index is 0.0278. The summed E-state index contributed by atoms with van der Waals surface area (Å²) in [4.78, 5) is 11.2. The van der Waals surface area contributed by atoms with Crippen molar-refractivity contribution in [3.63, 3.8) is 0 Å². The SMILES string of the molecule is C=CC(=O)N(CC)[N+](C)(C)C. The number of rotatable bonds is 3. The van der Waals surface area contributed by atoms with Gasteiger partial charge in [-0.2, -0.15) is 5.01 Å². The highest BCUT2D eigenvalue weighted by Gasteiger charge is 2.21. The maximum Gasteiger partial charge on any atom is 0.290 e. The summed E-state index contributed by atoms with van der Waals surface area (Å²) in [6.07, 6.45) is 1.34. The number of hydrogen-bond acceptors (Lipinski definition) is 1. The molecule has 0 fully saturated rings. The molecule has 3 nitrogen and oxygen atoms in total. The fraction of sp³-hybridized carbons (Fsp3) is 0.625. The maximum absolute atomic E-state index is 11.2. The predicted octanol–water partition coefficient (Wildman–Crippen LogP) is 0.642. The van der Waals surface area contributed by atoms with E-state index in [0.29, 0.717) is 11.1 Å². The lowest BCUT2D eigenvalue weighted by Gasteiger charge is -2.34. The Morgan fingerprint density at radius 1 is 1.55 bits per heavy atom. The van der Waals surface area contributed by atoms with Gasteiger partial charge in [-0.3, -0.25) is 4.79 Å². The van der Waals surface area contributed by atoms with Crippen LogP contribution in [-0.2, 0) is 4.79 Å². The van der Waals surface area contributed by atoms with Gasteiger partial charge >= 0.3 is 0 Å². The first kappa shape index (κ1) is 10.2. The smallest absolute Gasteiger partial charge is 0.265 e. The second-order valence-corrected chi connectivity index (χ2v) is 3.20. The van der Waals surface area contributed by atoms with Crippen LogP contribution in [-0.4, -0.2) is 43.2 Å². The van der Waals surface area contributed by atoms with Crippen molar-refractivity contribution in [1.29, 1.82) is 0 Å². The van der Waals surface area contributed by atoms with E-state index in [1.54, 1.807) is 5.01 Å². The number of likely N-dealkylation sites (N-methyl/N-ethyl adjacent to an activating group) is 1. The van der Waals surface area contributed by atoms with Gasteiger partial charge in [0.2, 0.25) is 0 Å². The summed E-state index contributed by atoms with van der Waals surface area (Å²) in [6, 6.07) is 0. The zero-order valence-electron chi connectivity index (χ0n) is 7.79. The Kier molecular flexibility index (Phi) is 3.26. The minimum atomic E-state index is -0.0278. The Bertz CT molecular complexity index is 158. The van der Waals surface area contributed by atoms with Gasteiger partial charge in [0.05, 0.1) is 27.7 Å². The van der Waals surface area contributed by atoms with E-state index in [0.717, 1.165) is 0 Å². The third-order valence-electron chi connectivity index (χ3n) is 1.45. The largest absolute Gasteiger partial charge is 0.290 e. The van der Waals surface area contributed by atoms with E-state index < -0.39 is 0 Å². The van der Waals surface area contributed by atoms with E-state index in [-0.39, 0.29) is 5.91 Å². The van der Waals surface area contributed by atoms with Gasteiger partial charge in [0.1, 0.15) is 0 Å². The van der Waals surface area contributed by atoms with Crippen molar-refractivity contribution in [2.45, 2.75) is 6.92 Å². The minimum Gasteiger partial charge on any atom is -0.265 e. The third-order valence-corrected chi connectivity index (χ3v) is 1.45. The Morgan fingerprint density at radius 2 is 2.00 bits per heavy atom. The number of amides is 1. The predicted molar refractivity (Wildman–Crippen MR) is 45.6 cm³/mol. The molecule has 0 aliphatic carbocycles. The average Bonchev–Trinajstić information content (AvgIpc) is 1.86. The van der Waals surface area contributed by atoms with Crippen LogP contribution in [0.3, 0.4) is 0 Å².